The Balaban J connectivity index is -0.000000244. The zero-order chi connectivity index (χ0) is 28.8. The Hall–Kier alpha value is 1.79. The second-order valence-corrected chi connectivity index (χ2v) is 11.2. The fourth-order valence-electron chi connectivity index (χ4n) is 3.86. The van der Waals surface area contributed by atoms with Crippen LogP contribution < -0.4 is 118 Å². The van der Waals surface area contributed by atoms with Crippen molar-refractivity contribution in [2.45, 2.75) is 121 Å². The van der Waals surface area contributed by atoms with Gasteiger partial charge in [-0.25, -0.2) is 0 Å². The SMILES string of the molecule is CCCCCCCCCCCCCCCCCCOC(=O)C(CC(=O)OCC(C(=O)O)C(=O)O)S(=O)(=O)O.[H-].[H-].[H-].[H-].[Na+].[Na+].[Na+].[Na+]. The number of esters is 2. The van der Waals surface area contributed by atoms with Crippen LogP contribution in [0.15, 0.2) is 0 Å². The van der Waals surface area contributed by atoms with Crippen LogP contribution in [0, 0.1) is 5.92 Å². The van der Waals surface area contributed by atoms with Gasteiger partial charge in [-0.2, -0.15) is 8.42 Å². The van der Waals surface area contributed by atoms with Crippen LogP contribution in [0.25, 0.3) is 0 Å². The fraction of sp³-hybridized carbons (Fsp3) is 0.846. The molecule has 0 fully saturated rings. The molecule has 11 nitrogen and oxygen atoms in total. The summed E-state index contributed by atoms with van der Waals surface area (Å²) in [5.41, 5.74) is 0. The largest absolute Gasteiger partial charge is 1.00 e. The van der Waals surface area contributed by atoms with E-state index in [4.69, 9.17) is 14.9 Å². The Morgan fingerprint density at radius 3 is 1.33 bits per heavy atom. The molecule has 16 heteroatoms. The first-order chi connectivity index (χ1) is 18.0. The number of carbonyl (C=O) groups is 4. The Morgan fingerprint density at radius 2 is 1.00 bits per heavy atom. The Morgan fingerprint density at radius 1 is 0.643 bits per heavy atom. The summed E-state index contributed by atoms with van der Waals surface area (Å²) in [6.07, 6.45) is 17.6. The third kappa shape index (κ3) is 30.4. The standard InChI is InChI=1S/C26H46O11S.4Na.4H/c1-2-3-4-5-6-7-8-9-10-11-12-13-14-15-16-17-18-36-26(32)22(38(33,34)35)19-23(27)37-20-21(24(28)29)25(30)31;;;;;;;;/h21-22H,2-20H2,1H3,(H,28,29)(H,30,31)(H,33,34,35);;;;;;;;/q;4*+1;4*-1. The average molecular weight is 663 g/mol. The van der Waals surface area contributed by atoms with Crippen molar-refractivity contribution in [3.63, 3.8) is 0 Å². The number of carboxylic acid groups (broad SMARTS) is 2. The van der Waals surface area contributed by atoms with Crippen LogP contribution in [0.2, 0.25) is 0 Å². The number of carboxylic acids is 2. The maximum absolute atomic E-state index is 12.1. The van der Waals surface area contributed by atoms with Crippen LogP contribution in [0.1, 0.15) is 122 Å². The smallest absolute Gasteiger partial charge is 1.00 e. The van der Waals surface area contributed by atoms with Gasteiger partial charge in [0.2, 0.25) is 0 Å². The van der Waals surface area contributed by atoms with Crippen LogP contribution in [0.4, 0.5) is 0 Å². The molecule has 0 rings (SSSR count). The van der Waals surface area contributed by atoms with Crippen LogP contribution in [-0.4, -0.2) is 65.5 Å². The number of unbranched alkanes of at least 4 members (excludes halogenated alkanes) is 15. The number of aliphatic carboxylic acids is 2. The zero-order valence-corrected chi connectivity index (χ0v) is 35.4. The summed E-state index contributed by atoms with van der Waals surface area (Å²) in [4.78, 5) is 45.5. The first-order valence-electron chi connectivity index (χ1n) is 13.7. The van der Waals surface area contributed by atoms with Crippen molar-refractivity contribution in [2.24, 2.45) is 5.92 Å². The van der Waals surface area contributed by atoms with Crippen LogP contribution in [0.3, 0.4) is 0 Å². The van der Waals surface area contributed by atoms with Gasteiger partial charge in [-0.3, -0.25) is 23.7 Å². The van der Waals surface area contributed by atoms with Crippen molar-refractivity contribution in [1.82, 2.24) is 0 Å². The van der Waals surface area contributed by atoms with Gasteiger partial charge in [-0.15, -0.1) is 0 Å². The molecule has 0 aliphatic carbocycles. The maximum atomic E-state index is 12.1. The molecule has 0 saturated carbocycles. The van der Waals surface area contributed by atoms with Crippen LogP contribution in [-0.2, 0) is 38.8 Å². The molecular weight excluding hydrogens is 612 g/mol. The predicted molar refractivity (Wildman–Crippen MR) is 145 cm³/mol. The van der Waals surface area contributed by atoms with Gasteiger partial charge < -0.3 is 25.4 Å². The minimum absolute atomic E-state index is 0. The third-order valence-electron chi connectivity index (χ3n) is 6.22. The van der Waals surface area contributed by atoms with Crippen molar-refractivity contribution >= 4 is 34.0 Å². The molecule has 0 spiro atoms. The molecule has 0 aromatic rings. The molecule has 0 radical (unpaired) electrons. The van der Waals surface area contributed by atoms with Crippen LogP contribution >= 0.6 is 0 Å². The second-order valence-electron chi connectivity index (χ2n) is 9.59. The van der Waals surface area contributed by atoms with Crippen LogP contribution in [0.5, 0.6) is 0 Å². The van der Waals surface area contributed by atoms with E-state index in [1.54, 1.807) is 0 Å². The van der Waals surface area contributed by atoms with Gasteiger partial charge in [-0.1, -0.05) is 103 Å². The summed E-state index contributed by atoms with van der Waals surface area (Å²) in [5, 5.41) is 15.3. The van der Waals surface area contributed by atoms with Gasteiger partial charge in [0.25, 0.3) is 10.1 Å². The first kappa shape index (κ1) is 53.3. The summed E-state index contributed by atoms with van der Waals surface area (Å²) < 4.78 is 41.6. The van der Waals surface area contributed by atoms with Crippen molar-refractivity contribution in [3.8, 4) is 0 Å². The second kappa shape index (κ2) is 34.1. The maximum Gasteiger partial charge on any atom is 1.00 e. The van der Waals surface area contributed by atoms with Gasteiger partial charge in [0.15, 0.2) is 11.2 Å². The molecule has 3 N–H and O–H groups in total. The molecule has 0 bridgehead atoms. The summed E-state index contributed by atoms with van der Waals surface area (Å²) in [6, 6.07) is 0. The van der Waals surface area contributed by atoms with Gasteiger partial charge in [-0.05, 0) is 6.42 Å². The molecule has 1 atom stereocenters. The number of carbonyl (C=O) groups excluding carboxylic acids is 2. The third-order valence-corrected chi connectivity index (χ3v) is 7.30. The van der Waals surface area contributed by atoms with E-state index in [1.165, 1.54) is 70.6 Å². The van der Waals surface area contributed by atoms with E-state index in [-0.39, 0.29) is 131 Å². The van der Waals surface area contributed by atoms with E-state index in [0.29, 0.717) is 6.42 Å². The topological polar surface area (TPSA) is 182 Å². The predicted octanol–water partition coefficient (Wildman–Crippen LogP) is -6.77. The fourth-order valence-corrected chi connectivity index (χ4v) is 4.52. The molecule has 0 aliphatic rings. The molecule has 0 aromatic heterocycles. The van der Waals surface area contributed by atoms with E-state index < -0.39 is 58.2 Å². The molecule has 42 heavy (non-hydrogen) atoms. The normalized spacial score (nSPS) is 11.1. The molecule has 230 valence electrons. The van der Waals surface area contributed by atoms with E-state index in [0.717, 1.165) is 25.7 Å². The summed E-state index contributed by atoms with van der Waals surface area (Å²) in [7, 11) is -5.01. The molecule has 0 aliphatic heterocycles. The zero-order valence-electron chi connectivity index (χ0n) is 30.6. The monoisotopic (exact) mass is 662 g/mol. The van der Waals surface area contributed by atoms with Gasteiger partial charge in [0, 0.05) is 0 Å². The Bertz CT molecular complexity index is 820. The van der Waals surface area contributed by atoms with E-state index in [9.17, 15) is 32.1 Å². The van der Waals surface area contributed by atoms with E-state index in [1.807, 2.05) is 0 Å². The van der Waals surface area contributed by atoms with Gasteiger partial charge >= 0.3 is 142 Å². The Labute approximate surface area is 346 Å². The summed E-state index contributed by atoms with van der Waals surface area (Å²) in [5.74, 6) is -8.26. The average Bonchev–Trinajstić information content (AvgIpc) is 2.83. The van der Waals surface area contributed by atoms with E-state index in [2.05, 4.69) is 11.7 Å². The number of hydrogen-bond acceptors (Lipinski definition) is 8. The Kier molecular flexibility index (Phi) is 43.3. The van der Waals surface area contributed by atoms with Gasteiger partial charge in [0.05, 0.1) is 13.0 Å². The van der Waals surface area contributed by atoms with Crippen molar-refractivity contribution in [3.05, 3.63) is 0 Å². The number of rotatable bonds is 25. The molecule has 0 heterocycles. The van der Waals surface area contributed by atoms with Crippen molar-refractivity contribution < 1.29 is 176 Å². The molecular formula is C26H50Na4O11S. The van der Waals surface area contributed by atoms with Crippen molar-refractivity contribution in [1.29, 1.82) is 0 Å². The minimum atomic E-state index is -5.01. The number of ether oxygens (including phenoxy) is 2. The summed E-state index contributed by atoms with van der Waals surface area (Å²) >= 11 is 0. The molecule has 0 aromatic carbocycles. The van der Waals surface area contributed by atoms with Gasteiger partial charge in [0.1, 0.15) is 6.61 Å². The molecule has 0 amide bonds. The van der Waals surface area contributed by atoms with Crippen molar-refractivity contribution in [2.75, 3.05) is 13.2 Å². The first-order valence-corrected chi connectivity index (χ1v) is 15.2. The molecule has 0 saturated heterocycles. The van der Waals surface area contributed by atoms with E-state index >= 15 is 0 Å². The number of hydrogen-bond donors (Lipinski definition) is 3. The quantitative estimate of drug-likeness (QED) is 0.0278. The summed E-state index contributed by atoms with van der Waals surface area (Å²) in [6.45, 7) is 1.08. The molecule has 1 unspecified atom stereocenters. The minimum Gasteiger partial charge on any atom is -1.00 e.